The first kappa shape index (κ1) is 36.3. The number of methoxy groups -OCH3 is 1. The number of benzene rings is 1. The maximum absolute atomic E-state index is 16.2. The van der Waals surface area contributed by atoms with Gasteiger partial charge in [0.2, 0.25) is 5.95 Å². The molecule has 5 aromatic rings. The quantitative estimate of drug-likeness (QED) is 0.136. The number of aromatic amines is 1. The smallest absolute Gasteiger partial charge is 0.472 e. The number of halogens is 1. The Morgan fingerprint density at radius 3 is 2.50 bits per heavy atom. The number of rotatable bonds is 6. The molecule has 2 bridgehead atoms. The summed E-state index contributed by atoms with van der Waals surface area (Å²) in [5.74, 6) is 0.296. The first-order valence-electron chi connectivity index (χ1n) is 16.0. The predicted octanol–water partition coefficient (Wildman–Crippen LogP) is -0.414. The Morgan fingerprint density at radius 1 is 1.02 bits per heavy atom. The zero-order chi connectivity index (χ0) is 37.9. The molecule has 1 aromatic carbocycles. The molecule has 7 N–H and O–H groups in total. The van der Waals surface area contributed by atoms with Crippen LogP contribution in [0.15, 0.2) is 48.0 Å². The molecule has 9 atom stereocenters. The van der Waals surface area contributed by atoms with Crippen LogP contribution in [0.1, 0.15) is 18.0 Å². The number of phosphoric ester groups is 1. The molecule has 288 valence electrons. The normalized spacial score (nSPS) is 31.5. The van der Waals surface area contributed by atoms with Crippen molar-refractivity contribution in [3.8, 4) is 5.75 Å². The Hall–Kier alpha value is -4.69. The third-order valence-electron chi connectivity index (χ3n) is 8.90. The lowest BCUT2D eigenvalue weighted by Crippen LogP contribution is -2.44. The van der Waals surface area contributed by atoms with Gasteiger partial charge in [0.05, 0.1) is 33.0 Å². The summed E-state index contributed by atoms with van der Waals surface area (Å²) in [6.45, 7) is -1.62. The van der Waals surface area contributed by atoms with E-state index in [1.165, 1.54) is 11.7 Å². The molecule has 3 saturated heterocycles. The lowest BCUT2D eigenvalue weighted by Gasteiger charge is -2.27. The van der Waals surface area contributed by atoms with Crippen molar-refractivity contribution < 1.29 is 54.4 Å². The van der Waals surface area contributed by atoms with Crippen molar-refractivity contribution in [1.29, 1.82) is 0 Å². The van der Waals surface area contributed by atoms with Crippen LogP contribution in [0.5, 0.6) is 5.75 Å². The average Bonchev–Trinajstić information content (AvgIpc) is 3.90. The van der Waals surface area contributed by atoms with Crippen LogP contribution < -0.4 is 26.5 Å². The fourth-order valence-corrected chi connectivity index (χ4v) is 8.28. The van der Waals surface area contributed by atoms with Gasteiger partial charge in [-0.3, -0.25) is 28.0 Å². The van der Waals surface area contributed by atoms with E-state index in [-0.39, 0.29) is 40.7 Å². The first-order chi connectivity index (χ1) is 25.8. The Morgan fingerprint density at radius 2 is 1.74 bits per heavy atom. The molecular formula is C28H31FN11O12PS. The van der Waals surface area contributed by atoms with E-state index < -0.39 is 86.0 Å². The Kier molecular flexibility index (Phi) is 9.32. The van der Waals surface area contributed by atoms with Crippen molar-refractivity contribution in [2.24, 2.45) is 0 Å². The van der Waals surface area contributed by atoms with Crippen LogP contribution in [0.25, 0.3) is 22.3 Å². The van der Waals surface area contributed by atoms with Gasteiger partial charge >= 0.3 is 18.1 Å². The maximum atomic E-state index is 16.2. The lowest BCUT2D eigenvalue weighted by atomic mass is 10.1. The van der Waals surface area contributed by atoms with Crippen LogP contribution in [0.3, 0.4) is 0 Å². The summed E-state index contributed by atoms with van der Waals surface area (Å²) in [7, 11) is -8.53. The van der Waals surface area contributed by atoms with E-state index in [0.29, 0.717) is 11.3 Å². The summed E-state index contributed by atoms with van der Waals surface area (Å²) in [5, 5.41) is 0. The summed E-state index contributed by atoms with van der Waals surface area (Å²) in [5.41, 5.74) is 11.5. The van der Waals surface area contributed by atoms with E-state index in [2.05, 4.69) is 34.6 Å². The number of ether oxygens (including phenoxy) is 4. The molecule has 0 spiro atoms. The highest BCUT2D eigenvalue weighted by atomic mass is 32.2. The standard InChI is InChI=1S/C28H31FN11O12PS/c1-46-13-4-2-12(3-5-13)7-47-20-14-6-36-54(44,45)52-19-15(50-26(16(19)29)39-10-34-17-22(30)32-9-33-23(17)39)8-48-53(42,43)51-21(20)27(49-14)40-11-35-18-24(40)37-28(31)38-25(18)41/h2-5,9-11,14-16,19-21,26-27,36H,6-8H2,1H3,(H,42,43)(H2,30,32,33)(H3,31,37,38,41)/t14-,15-,16-,19-,20?,21-,26-,27-/m1/s1. The van der Waals surface area contributed by atoms with Gasteiger partial charge in [0.25, 0.3) is 5.56 Å². The number of nitrogen functional groups attached to an aromatic ring is 2. The SMILES string of the molecule is COc1ccc(COC2[C@H]3OP(=O)(O)OC[C@H]4O[C@@H](n5cnc6c(N)ncnc65)[C@H](F)[C@@H]4OS(=O)(=O)NC[C@H]2O[C@H]3n2cnc3c(=O)[nH]c(N)nc32)cc1. The molecule has 0 amide bonds. The Balaban J connectivity index is 1.14. The maximum Gasteiger partial charge on any atom is 0.472 e. The monoisotopic (exact) mass is 795 g/mol. The second-order valence-electron chi connectivity index (χ2n) is 12.3. The van der Waals surface area contributed by atoms with Crippen molar-refractivity contribution in [1.82, 2.24) is 43.8 Å². The molecule has 0 saturated carbocycles. The van der Waals surface area contributed by atoms with Crippen LogP contribution in [-0.4, -0.2) is 109 Å². The van der Waals surface area contributed by atoms with Gasteiger partial charge in [-0.1, -0.05) is 12.1 Å². The number of imidazole rings is 2. The van der Waals surface area contributed by atoms with Gasteiger partial charge in [0.1, 0.15) is 48.1 Å². The van der Waals surface area contributed by atoms with E-state index in [1.807, 2.05) is 0 Å². The molecule has 23 nitrogen and oxygen atoms in total. The Bertz CT molecular complexity index is 2420. The second kappa shape index (κ2) is 13.9. The van der Waals surface area contributed by atoms with Gasteiger partial charge in [-0.05, 0) is 17.7 Å². The first-order valence-corrected chi connectivity index (χ1v) is 18.9. The number of fused-ring (bicyclic) bond motifs is 5. The highest BCUT2D eigenvalue weighted by Gasteiger charge is 2.54. The number of alkyl halides is 1. The molecule has 8 rings (SSSR count). The predicted molar refractivity (Wildman–Crippen MR) is 179 cm³/mol. The molecule has 4 aromatic heterocycles. The molecule has 26 heteroatoms. The molecule has 54 heavy (non-hydrogen) atoms. The van der Waals surface area contributed by atoms with Crippen LogP contribution in [0.2, 0.25) is 0 Å². The van der Waals surface area contributed by atoms with E-state index >= 15 is 4.39 Å². The third-order valence-corrected chi connectivity index (χ3v) is 10.9. The van der Waals surface area contributed by atoms with Gasteiger partial charge in [0.15, 0.2) is 41.3 Å². The number of aromatic nitrogens is 8. The zero-order valence-electron chi connectivity index (χ0n) is 27.7. The summed E-state index contributed by atoms with van der Waals surface area (Å²) in [4.78, 5) is 46.3. The number of hydrogen-bond acceptors (Lipinski definition) is 18. The zero-order valence-corrected chi connectivity index (χ0v) is 29.4. The topological polar surface area (TPSA) is 307 Å². The fraction of sp³-hybridized carbons (Fsp3) is 0.429. The fourth-order valence-electron chi connectivity index (χ4n) is 6.39. The van der Waals surface area contributed by atoms with Crippen molar-refractivity contribution >= 4 is 52.2 Å². The summed E-state index contributed by atoms with van der Waals surface area (Å²) >= 11 is 0. The molecule has 3 aliphatic rings. The number of H-pyrrole nitrogens is 1. The van der Waals surface area contributed by atoms with Crippen LogP contribution >= 0.6 is 7.82 Å². The highest BCUT2D eigenvalue weighted by molar-refractivity contribution is 7.84. The van der Waals surface area contributed by atoms with Crippen molar-refractivity contribution in [3.05, 3.63) is 59.2 Å². The minimum Gasteiger partial charge on any atom is -0.497 e. The van der Waals surface area contributed by atoms with Gasteiger partial charge in [-0.2, -0.15) is 18.1 Å². The van der Waals surface area contributed by atoms with E-state index in [1.54, 1.807) is 24.3 Å². The van der Waals surface area contributed by atoms with Gasteiger partial charge in [-0.25, -0.2) is 33.1 Å². The molecule has 3 fully saturated rings. The molecule has 0 aliphatic carbocycles. The third kappa shape index (κ3) is 6.78. The van der Waals surface area contributed by atoms with Crippen molar-refractivity contribution in [3.63, 3.8) is 0 Å². The van der Waals surface area contributed by atoms with Crippen molar-refractivity contribution in [2.75, 3.05) is 31.7 Å². The average molecular weight is 796 g/mol. The minimum atomic E-state index is -5.19. The summed E-state index contributed by atoms with van der Waals surface area (Å²) < 4.78 is 101. The number of nitrogens with two attached hydrogens (primary N) is 2. The second-order valence-corrected chi connectivity index (χ2v) is 15.0. The van der Waals surface area contributed by atoms with Gasteiger partial charge in [0, 0.05) is 6.54 Å². The number of phosphoric acid groups is 1. The number of nitrogens with zero attached hydrogens (tertiary/aromatic N) is 7. The molecule has 3 aliphatic heterocycles. The summed E-state index contributed by atoms with van der Waals surface area (Å²) in [6, 6.07) is 6.76. The van der Waals surface area contributed by atoms with Gasteiger partial charge < -0.3 is 35.3 Å². The van der Waals surface area contributed by atoms with Crippen LogP contribution in [0, 0.1) is 0 Å². The Labute approximate surface area is 302 Å². The number of anilines is 2. The number of nitrogens with one attached hydrogen (secondary N) is 2. The minimum absolute atomic E-state index is 0.00406. The largest absolute Gasteiger partial charge is 0.497 e. The molecule has 0 radical (unpaired) electrons. The van der Waals surface area contributed by atoms with E-state index in [9.17, 15) is 22.7 Å². The van der Waals surface area contributed by atoms with Crippen LogP contribution in [-0.2, 0) is 48.9 Å². The van der Waals surface area contributed by atoms with E-state index in [0.717, 1.165) is 23.5 Å². The van der Waals surface area contributed by atoms with E-state index in [4.69, 9.17) is 43.6 Å². The van der Waals surface area contributed by atoms with Gasteiger partial charge in [-0.15, -0.1) is 0 Å². The molecule has 7 heterocycles. The number of hydrogen-bond donors (Lipinski definition) is 5. The molecular weight excluding hydrogens is 764 g/mol. The van der Waals surface area contributed by atoms with Crippen LogP contribution in [0.4, 0.5) is 16.2 Å². The lowest BCUT2D eigenvalue weighted by molar-refractivity contribution is -0.0608. The van der Waals surface area contributed by atoms with Crippen molar-refractivity contribution in [2.45, 2.75) is 55.8 Å². The summed E-state index contributed by atoms with van der Waals surface area (Å²) in [6.07, 6.45) is -9.51. The highest BCUT2D eigenvalue weighted by Crippen LogP contribution is 2.51. The molecule has 2 unspecified atom stereocenters.